The van der Waals surface area contributed by atoms with E-state index in [-0.39, 0.29) is 17.6 Å². The van der Waals surface area contributed by atoms with Gasteiger partial charge in [0, 0.05) is 29.1 Å². The molecular weight excluding hydrogens is 452 g/mol. The maximum Gasteiger partial charge on any atom is 0.279 e. The third-order valence-corrected chi connectivity index (χ3v) is 6.25. The summed E-state index contributed by atoms with van der Waals surface area (Å²) in [6.45, 7) is 0. The maximum absolute atomic E-state index is 13.8. The van der Waals surface area contributed by atoms with E-state index < -0.39 is 11.9 Å². The van der Waals surface area contributed by atoms with E-state index in [9.17, 15) is 9.59 Å². The summed E-state index contributed by atoms with van der Waals surface area (Å²) in [6, 6.07) is 13.2. The zero-order valence-electron chi connectivity index (χ0n) is 19.0. The minimum absolute atomic E-state index is 0.0840. The SMILES string of the molecule is COc1ccc([C@@H](C(=O)NC2CCCCC2)N(C(=O)c2cnccn2)c2ccc(Cl)cc2)cc1. The van der Waals surface area contributed by atoms with E-state index in [2.05, 4.69) is 15.3 Å². The van der Waals surface area contributed by atoms with Crippen LogP contribution in [-0.2, 0) is 4.79 Å². The fraction of sp³-hybridized carbons (Fsp3) is 0.308. The number of hydrogen-bond donors (Lipinski definition) is 1. The zero-order valence-corrected chi connectivity index (χ0v) is 19.7. The predicted molar refractivity (Wildman–Crippen MR) is 131 cm³/mol. The Kier molecular flexibility index (Phi) is 7.75. The number of ether oxygens (including phenoxy) is 1. The molecule has 0 spiro atoms. The molecule has 1 saturated carbocycles. The van der Waals surface area contributed by atoms with Gasteiger partial charge in [0.15, 0.2) is 0 Å². The molecule has 4 rings (SSSR count). The van der Waals surface area contributed by atoms with Crippen molar-refractivity contribution in [2.45, 2.75) is 44.2 Å². The molecule has 2 amide bonds. The van der Waals surface area contributed by atoms with E-state index in [0.29, 0.717) is 22.0 Å². The number of benzene rings is 2. The fourth-order valence-corrected chi connectivity index (χ4v) is 4.38. The molecule has 34 heavy (non-hydrogen) atoms. The number of rotatable bonds is 7. The van der Waals surface area contributed by atoms with Crippen LogP contribution in [0.15, 0.2) is 67.1 Å². The molecule has 7 nitrogen and oxygen atoms in total. The highest BCUT2D eigenvalue weighted by atomic mass is 35.5. The summed E-state index contributed by atoms with van der Waals surface area (Å²) in [5, 5.41) is 3.72. The summed E-state index contributed by atoms with van der Waals surface area (Å²) in [4.78, 5) is 37.2. The monoisotopic (exact) mass is 478 g/mol. The number of methoxy groups -OCH3 is 1. The minimum atomic E-state index is -0.927. The Bertz CT molecular complexity index is 1100. The van der Waals surface area contributed by atoms with Gasteiger partial charge >= 0.3 is 0 Å². The lowest BCUT2D eigenvalue weighted by Gasteiger charge is -2.33. The van der Waals surface area contributed by atoms with Crippen LogP contribution in [0.4, 0.5) is 5.69 Å². The number of nitrogens with zero attached hydrogens (tertiary/aromatic N) is 3. The minimum Gasteiger partial charge on any atom is -0.497 e. The first-order chi connectivity index (χ1) is 16.6. The molecule has 0 unspecified atom stereocenters. The molecule has 1 aromatic heterocycles. The van der Waals surface area contributed by atoms with Gasteiger partial charge in [-0.1, -0.05) is 43.0 Å². The average molecular weight is 479 g/mol. The van der Waals surface area contributed by atoms with Crippen LogP contribution in [0.25, 0.3) is 0 Å². The van der Waals surface area contributed by atoms with Crippen molar-refractivity contribution in [3.63, 3.8) is 0 Å². The van der Waals surface area contributed by atoms with E-state index in [1.54, 1.807) is 55.6 Å². The van der Waals surface area contributed by atoms with E-state index in [1.807, 2.05) is 0 Å². The maximum atomic E-state index is 13.8. The lowest BCUT2D eigenvalue weighted by molar-refractivity contribution is -0.123. The normalized spacial score (nSPS) is 14.8. The molecule has 0 aliphatic heterocycles. The molecule has 0 radical (unpaired) electrons. The van der Waals surface area contributed by atoms with Gasteiger partial charge in [-0.3, -0.25) is 19.5 Å². The lowest BCUT2D eigenvalue weighted by Crippen LogP contribution is -2.47. The fourth-order valence-electron chi connectivity index (χ4n) is 4.25. The van der Waals surface area contributed by atoms with Gasteiger partial charge in [0.05, 0.1) is 13.3 Å². The largest absolute Gasteiger partial charge is 0.497 e. The van der Waals surface area contributed by atoms with Crippen LogP contribution < -0.4 is 15.0 Å². The van der Waals surface area contributed by atoms with Gasteiger partial charge in [-0.15, -0.1) is 0 Å². The molecule has 1 N–H and O–H groups in total. The molecule has 1 atom stereocenters. The van der Waals surface area contributed by atoms with Crippen LogP contribution in [-0.4, -0.2) is 34.9 Å². The van der Waals surface area contributed by atoms with Crippen LogP contribution in [0.1, 0.15) is 54.2 Å². The first-order valence-electron chi connectivity index (χ1n) is 11.4. The van der Waals surface area contributed by atoms with Gasteiger partial charge in [0.2, 0.25) is 5.91 Å². The molecule has 0 bridgehead atoms. The second-order valence-corrected chi connectivity index (χ2v) is 8.70. The van der Waals surface area contributed by atoms with Gasteiger partial charge in [-0.25, -0.2) is 4.98 Å². The molecule has 176 valence electrons. The summed E-state index contributed by atoms with van der Waals surface area (Å²) < 4.78 is 5.29. The number of anilines is 1. The average Bonchev–Trinajstić information content (AvgIpc) is 2.89. The summed E-state index contributed by atoms with van der Waals surface area (Å²) in [5.74, 6) is -0.0206. The number of aromatic nitrogens is 2. The Morgan fingerprint density at radius 3 is 2.35 bits per heavy atom. The molecule has 1 heterocycles. The van der Waals surface area contributed by atoms with Crippen LogP contribution >= 0.6 is 11.6 Å². The van der Waals surface area contributed by atoms with E-state index in [4.69, 9.17) is 16.3 Å². The van der Waals surface area contributed by atoms with Crippen molar-refractivity contribution in [3.05, 3.63) is 83.4 Å². The van der Waals surface area contributed by atoms with Crippen molar-refractivity contribution in [3.8, 4) is 5.75 Å². The number of amides is 2. The molecule has 3 aromatic rings. The van der Waals surface area contributed by atoms with Gasteiger partial charge in [0.1, 0.15) is 17.5 Å². The summed E-state index contributed by atoms with van der Waals surface area (Å²) in [5.41, 5.74) is 1.32. The Balaban J connectivity index is 1.79. The topological polar surface area (TPSA) is 84.4 Å². The van der Waals surface area contributed by atoms with Crippen molar-refractivity contribution in [2.24, 2.45) is 0 Å². The summed E-state index contributed by atoms with van der Waals surface area (Å²) in [6.07, 6.45) is 9.55. The first-order valence-corrected chi connectivity index (χ1v) is 11.7. The highest BCUT2D eigenvalue weighted by Gasteiger charge is 2.35. The second kappa shape index (κ2) is 11.1. The quantitative estimate of drug-likeness (QED) is 0.518. The molecule has 1 fully saturated rings. The van der Waals surface area contributed by atoms with Crippen LogP contribution in [0.2, 0.25) is 5.02 Å². The number of halogens is 1. The van der Waals surface area contributed by atoms with Crippen molar-refractivity contribution in [1.29, 1.82) is 0 Å². The van der Waals surface area contributed by atoms with Crippen molar-refractivity contribution >= 4 is 29.1 Å². The molecular formula is C26H27ClN4O3. The molecule has 1 aliphatic carbocycles. The number of carbonyl (C=O) groups excluding carboxylic acids is 2. The molecule has 8 heteroatoms. The third kappa shape index (κ3) is 5.54. The van der Waals surface area contributed by atoms with Gasteiger partial charge in [-0.05, 0) is 54.8 Å². The second-order valence-electron chi connectivity index (χ2n) is 8.26. The Morgan fingerprint density at radius 2 is 1.74 bits per heavy atom. The van der Waals surface area contributed by atoms with Gasteiger partial charge in [-0.2, -0.15) is 0 Å². The molecule has 0 saturated heterocycles. The summed E-state index contributed by atoms with van der Waals surface area (Å²) >= 11 is 6.12. The van der Waals surface area contributed by atoms with Crippen LogP contribution in [0.5, 0.6) is 5.75 Å². The van der Waals surface area contributed by atoms with Crippen LogP contribution in [0.3, 0.4) is 0 Å². The summed E-state index contributed by atoms with van der Waals surface area (Å²) in [7, 11) is 1.58. The lowest BCUT2D eigenvalue weighted by atomic mass is 9.94. The Hall–Kier alpha value is -3.45. The van der Waals surface area contributed by atoms with Gasteiger partial charge < -0.3 is 10.1 Å². The Labute approximate surface area is 204 Å². The standard InChI is InChI=1S/C26H27ClN4O3/c1-34-22-13-7-18(8-14-22)24(25(32)30-20-5-3-2-4-6-20)31(21-11-9-19(27)10-12-21)26(33)23-17-28-15-16-29-23/h7-17,20,24H,2-6H2,1H3,(H,30,32)/t24-/m0/s1. The van der Waals surface area contributed by atoms with Gasteiger partial charge in [0.25, 0.3) is 5.91 Å². The van der Waals surface area contributed by atoms with E-state index >= 15 is 0 Å². The first kappa shape index (κ1) is 23.7. The number of hydrogen-bond acceptors (Lipinski definition) is 5. The predicted octanol–water partition coefficient (Wildman–Crippen LogP) is 4.98. The van der Waals surface area contributed by atoms with Crippen molar-refractivity contribution in [1.82, 2.24) is 15.3 Å². The highest BCUT2D eigenvalue weighted by molar-refractivity contribution is 6.30. The highest BCUT2D eigenvalue weighted by Crippen LogP contribution is 2.32. The zero-order chi connectivity index (χ0) is 23.9. The van der Waals surface area contributed by atoms with Crippen molar-refractivity contribution < 1.29 is 14.3 Å². The Morgan fingerprint density at radius 1 is 1.03 bits per heavy atom. The number of nitrogens with one attached hydrogen (secondary N) is 1. The number of carbonyl (C=O) groups is 2. The molecule has 2 aromatic carbocycles. The van der Waals surface area contributed by atoms with E-state index in [0.717, 1.165) is 25.7 Å². The van der Waals surface area contributed by atoms with E-state index in [1.165, 1.54) is 29.9 Å². The van der Waals surface area contributed by atoms with Crippen LogP contribution in [0, 0.1) is 0 Å². The van der Waals surface area contributed by atoms with Crippen molar-refractivity contribution in [2.75, 3.05) is 12.0 Å². The third-order valence-electron chi connectivity index (χ3n) is 6.00. The smallest absolute Gasteiger partial charge is 0.279 e. The molecule has 1 aliphatic rings.